The van der Waals surface area contributed by atoms with E-state index in [0.29, 0.717) is 11.3 Å². The summed E-state index contributed by atoms with van der Waals surface area (Å²) >= 11 is 0. The Morgan fingerprint density at radius 2 is 2.06 bits per heavy atom. The molecule has 2 aliphatic heterocycles. The Morgan fingerprint density at radius 3 is 2.94 bits per heavy atom. The second kappa shape index (κ2) is 3.12. The maximum Gasteiger partial charge on any atom is 0.262 e. The monoisotopic (exact) mass is 235 g/mol. The maximum absolute atomic E-state index is 11.9. The molecular weight excluding hydrogens is 226 g/mol. The third-order valence-electron chi connectivity index (χ3n) is 2.59. The van der Waals surface area contributed by atoms with Crippen LogP contribution in [-0.4, -0.2) is 8.42 Å². The van der Waals surface area contributed by atoms with E-state index in [2.05, 4.69) is 4.72 Å². The van der Waals surface area contributed by atoms with Crippen LogP contribution in [0.2, 0.25) is 0 Å². The lowest BCUT2D eigenvalue weighted by Crippen LogP contribution is -2.34. The Kier molecular flexibility index (Phi) is 1.85. The normalized spacial score (nSPS) is 24.5. The standard InChI is InChI=1S/C11H9NO3S/c13-16(14)10-6-2-1-4-8(10)11-9(12-16)5-3-7-15-11/h1-7,11-12H. The summed E-state index contributed by atoms with van der Waals surface area (Å²) in [6.45, 7) is 0. The van der Waals surface area contributed by atoms with Crippen molar-refractivity contribution < 1.29 is 13.2 Å². The number of benzene rings is 1. The molecule has 3 rings (SSSR count). The van der Waals surface area contributed by atoms with Crippen molar-refractivity contribution in [2.75, 3.05) is 0 Å². The van der Waals surface area contributed by atoms with Crippen LogP contribution in [-0.2, 0) is 14.8 Å². The van der Waals surface area contributed by atoms with Gasteiger partial charge in [0.05, 0.1) is 16.9 Å². The summed E-state index contributed by atoms with van der Waals surface area (Å²) in [6.07, 6.45) is 4.60. The molecule has 0 radical (unpaired) electrons. The number of hydrogen-bond donors (Lipinski definition) is 1. The van der Waals surface area contributed by atoms with Gasteiger partial charge in [0, 0.05) is 5.56 Å². The first kappa shape index (κ1) is 9.47. The van der Waals surface area contributed by atoms with E-state index in [1.54, 1.807) is 42.7 Å². The van der Waals surface area contributed by atoms with Gasteiger partial charge in [0.15, 0.2) is 6.10 Å². The molecule has 82 valence electrons. The molecule has 16 heavy (non-hydrogen) atoms. The van der Waals surface area contributed by atoms with Crippen molar-refractivity contribution in [1.82, 2.24) is 4.72 Å². The van der Waals surface area contributed by atoms with E-state index in [4.69, 9.17) is 4.74 Å². The van der Waals surface area contributed by atoms with Crippen molar-refractivity contribution >= 4 is 10.0 Å². The van der Waals surface area contributed by atoms with Gasteiger partial charge in [-0.25, -0.2) is 8.42 Å². The van der Waals surface area contributed by atoms with Gasteiger partial charge in [-0.15, -0.1) is 0 Å². The largest absolute Gasteiger partial charge is 0.487 e. The molecular formula is C11H9NO3S. The van der Waals surface area contributed by atoms with Gasteiger partial charge in [0.1, 0.15) is 0 Å². The van der Waals surface area contributed by atoms with Crippen LogP contribution < -0.4 is 4.72 Å². The van der Waals surface area contributed by atoms with Crippen LogP contribution in [0.1, 0.15) is 11.7 Å². The highest BCUT2D eigenvalue weighted by Crippen LogP contribution is 2.36. The lowest BCUT2D eigenvalue weighted by Gasteiger charge is -2.29. The predicted molar refractivity (Wildman–Crippen MR) is 57.8 cm³/mol. The first-order valence-corrected chi connectivity index (χ1v) is 6.31. The van der Waals surface area contributed by atoms with E-state index < -0.39 is 10.0 Å². The van der Waals surface area contributed by atoms with Gasteiger partial charge in [-0.05, 0) is 18.2 Å². The van der Waals surface area contributed by atoms with Crippen LogP contribution in [0.3, 0.4) is 0 Å². The minimum Gasteiger partial charge on any atom is -0.487 e. The molecule has 0 aromatic heterocycles. The molecule has 1 atom stereocenters. The molecule has 0 amide bonds. The lowest BCUT2D eigenvalue weighted by molar-refractivity contribution is 0.165. The van der Waals surface area contributed by atoms with Crippen LogP contribution in [0.5, 0.6) is 0 Å². The van der Waals surface area contributed by atoms with Gasteiger partial charge in [-0.3, -0.25) is 4.72 Å². The highest BCUT2D eigenvalue weighted by molar-refractivity contribution is 7.89. The minimum atomic E-state index is -3.44. The van der Waals surface area contributed by atoms with Crippen molar-refractivity contribution in [2.45, 2.75) is 11.0 Å². The quantitative estimate of drug-likeness (QED) is 0.740. The van der Waals surface area contributed by atoms with Crippen molar-refractivity contribution in [1.29, 1.82) is 0 Å². The Labute approximate surface area is 93.3 Å². The van der Waals surface area contributed by atoms with E-state index >= 15 is 0 Å². The number of nitrogens with one attached hydrogen (secondary N) is 1. The van der Waals surface area contributed by atoms with Gasteiger partial charge in [-0.1, -0.05) is 18.2 Å². The zero-order valence-electron chi connectivity index (χ0n) is 8.25. The lowest BCUT2D eigenvalue weighted by atomic mass is 10.1. The van der Waals surface area contributed by atoms with Gasteiger partial charge in [0.25, 0.3) is 10.0 Å². The summed E-state index contributed by atoms with van der Waals surface area (Å²) < 4.78 is 31.7. The summed E-state index contributed by atoms with van der Waals surface area (Å²) in [5.41, 5.74) is 1.23. The van der Waals surface area contributed by atoms with Crippen molar-refractivity contribution in [3.63, 3.8) is 0 Å². The molecule has 0 aliphatic carbocycles. The molecule has 2 aliphatic rings. The zero-order chi connectivity index (χ0) is 11.2. The van der Waals surface area contributed by atoms with E-state index in [9.17, 15) is 8.42 Å². The molecule has 0 saturated carbocycles. The molecule has 0 saturated heterocycles. The summed E-state index contributed by atoms with van der Waals surface area (Å²) in [5.74, 6) is 0. The topological polar surface area (TPSA) is 55.4 Å². The first-order chi connectivity index (χ1) is 7.68. The highest BCUT2D eigenvalue weighted by Gasteiger charge is 2.34. The molecule has 0 fully saturated rings. The molecule has 0 spiro atoms. The average Bonchev–Trinajstić information content (AvgIpc) is 2.29. The SMILES string of the molecule is O=S1(=O)NC2=CC=COC2c2ccccc21. The summed E-state index contributed by atoms with van der Waals surface area (Å²) in [7, 11) is -3.44. The minimum absolute atomic E-state index is 0.285. The number of fused-ring (bicyclic) bond motifs is 3. The number of hydrogen-bond acceptors (Lipinski definition) is 3. The maximum atomic E-state index is 11.9. The van der Waals surface area contributed by atoms with Crippen LogP contribution in [0.25, 0.3) is 0 Å². The molecule has 0 bridgehead atoms. The number of sulfonamides is 1. The average molecular weight is 235 g/mol. The number of ether oxygens (including phenoxy) is 1. The third kappa shape index (κ3) is 1.25. The Hall–Kier alpha value is -1.75. The second-order valence-electron chi connectivity index (χ2n) is 3.61. The fourth-order valence-corrected chi connectivity index (χ4v) is 3.25. The molecule has 2 heterocycles. The van der Waals surface area contributed by atoms with Crippen molar-refractivity contribution in [3.8, 4) is 0 Å². The Morgan fingerprint density at radius 1 is 1.25 bits per heavy atom. The summed E-state index contributed by atoms with van der Waals surface area (Å²) in [5, 5.41) is 0. The summed E-state index contributed by atoms with van der Waals surface area (Å²) in [6, 6.07) is 6.85. The number of allylic oxidation sites excluding steroid dienone is 2. The van der Waals surface area contributed by atoms with Gasteiger partial charge in [-0.2, -0.15) is 0 Å². The van der Waals surface area contributed by atoms with Crippen LogP contribution in [0.15, 0.2) is 53.3 Å². The van der Waals surface area contributed by atoms with Gasteiger partial charge in [0.2, 0.25) is 0 Å². The smallest absolute Gasteiger partial charge is 0.262 e. The Balaban J connectivity index is 2.28. The van der Waals surface area contributed by atoms with Crippen LogP contribution in [0.4, 0.5) is 0 Å². The van der Waals surface area contributed by atoms with Crippen molar-refractivity contribution in [2.24, 2.45) is 0 Å². The van der Waals surface area contributed by atoms with E-state index in [-0.39, 0.29) is 11.0 Å². The van der Waals surface area contributed by atoms with E-state index in [1.165, 1.54) is 0 Å². The van der Waals surface area contributed by atoms with Crippen LogP contribution >= 0.6 is 0 Å². The number of rotatable bonds is 0. The van der Waals surface area contributed by atoms with Gasteiger partial charge >= 0.3 is 0 Å². The molecule has 4 nitrogen and oxygen atoms in total. The van der Waals surface area contributed by atoms with E-state index in [1.807, 2.05) is 0 Å². The Bertz CT molecular complexity index is 601. The first-order valence-electron chi connectivity index (χ1n) is 4.82. The highest BCUT2D eigenvalue weighted by atomic mass is 32.2. The third-order valence-corrected chi connectivity index (χ3v) is 4.05. The van der Waals surface area contributed by atoms with E-state index in [0.717, 1.165) is 0 Å². The zero-order valence-corrected chi connectivity index (χ0v) is 9.07. The predicted octanol–water partition coefficient (Wildman–Crippen LogP) is 1.45. The van der Waals surface area contributed by atoms with Crippen molar-refractivity contribution in [3.05, 3.63) is 53.9 Å². The fourth-order valence-electron chi connectivity index (χ4n) is 1.91. The molecule has 1 aromatic rings. The molecule has 1 N–H and O–H groups in total. The van der Waals surface area contributed by atoms with Gasteiger partial charge < -0.3 is 4.74 Å². The summed E-state index contributed by atoms with van der Waals surface area (Å²) in [4.78, 5) is 0.285. The van der Waals surface area contributed by atoms with Crippen LogP contribution in [0, 0.1) is 0 Å². The molecule has 1 aromatic carbocycles. The molecule has 1 unspecified atom stereocenters. The molecule has 5 heteroatoms. The second-order valence-corrected chi connectivity index (χ2v) is 5.26. The fraction of sp³-hybridized carbons (Fsp3) is 0.0909.